The van der Waals surface area contributed by atoms with Crippen molar-refractivity contribution in [3.8, 4) is 5.75 Å². The van der Waals surface area contributed by atoms with E-state index in [9.17, 15) is 5.11 Å². The Labute approximate surface area is 109 Å². The number of aliphatic hydroxyl groups is 1. The number of methoxy groups -OCH3 is 1. The number of benzene rings is 1. The third-order valence-corrected chi connectivity index (χ3v) is 4.14. The molecule has 1 aromatic rings. The summed E-state index contributed by atoms with van der Waals surface area (Å²) >= 11 is 0. The molecule has 0 bridgehead atoms. The first-order valence-corrected chi connectivity index (χ1v) is 6.46. The van der Waals surface area contributed by atoms with Gasteiger partial charge in [0, 0.05) is 12.6 Å². The summed E-state index contributed by atoms with van der Waals surface area (Å²) in [5.41, 5.74) is 2.49. The molecule has 1 saturated heterocycles. The summed E-state index contributed by atoms with van der Waals surface area (Å²) in [4.78, 5) is 2.21. The van der Waals surface area contributed by atoms with Gasteiger partial charge in [-0.25, -0.2) is 0 Å². The van der Waals surface area contributed by atoms with Crippen molar-refractivity contribution in [2.24, 2.45) is 0 Å². The molecule has 1 aromatic carbocycles. The number of β-amino-alcohol motifs (C(OH)–C–C–N with tert-alkyl or cyclic N) is 1. The standard InChI is InChI=1S/C15H23NO2/c1-10-7-14(18-5)11(2)6-13(10)15(17)8-12(3)16(4)9-15/h6-7,12,17H,8-9H2,1-5H3. The molecule has 0 saturated carbocycles. The molecule has 3 nitrogen and oxygen atoms in total. The Morgan fingerprint density at radius 3 is 2.50 bits per heavy atom. The van der Waals surface area contributed by atoms with Gasteiger partial charge in [0.05, 0.1) is 7.11 Å². The summed E-state index contributed by atoms with van der Waals surface area (Å²) in [6, 6.07) is 4.50. The van der Waals surface area contributed by atoms with Crippen molar-refractivity contribution in [1.29, 1.82) is 0 Å². The van der Waals surface area contributed by atoms with E-state index >= 15 is 0 Å². The molecule has 0 aliphatic carbocycles. The highest BCUT2D eigenvalue weighted by molar-refractivity contribution is 5.44. The zero-order valence-corrected chi connectivity index (χ0v) is 11.9. The topological polar surface area (TPSA) is 32.7 Å². The second kappa shape index (κ2) is 4.56. The van der Waals surface area contributed by atoms with Crippen molar-refractivity contribution in [1.82, 2.24) is 4.90 Å². The molecule has 0 radical (unpaired) electrons. The molecule has 2 unspecified atom stereocenters. The molecule has 1 heterocycles. The number of likely N-dealkylation sites (tertiary alicyclic amines) is 1. The van der Waals surface area contributed by atoms with E-state index in [2.05, 4.69) is 24.9 Å². The molecule has 1 N–H and O–H groups in total. The lowest BCUT2D eigenvalue weighted by atomic mass is 9.87. The minimum atomic E-state index is -0.727. The average Bonchev–Trinajstić information content (AvgIpc) is 2.56. The van der Waals surface area contributed by atoms with Gasteiger partial charge in [-0.2, -0.15) is 0 Å². The van der Waals surface area contributed by atoms with Crippen LogP contribution in [0.15, 0.2) is 12.1 Å². The van der Waals surface area contributed by atoms with E-state index in [0.717, 1.165) is 28.9 Å². The molecular formula is C15H23NO2. The molecule has 2 atom stereocenters. The summed E-state index contributed by atoms with van der Waals surface area (Å²) in [5, 5.41) is 10.9. The van der Waals surface area contributed by atoms with Gasteiger partial charge in [-0.3, -0.25) is 0 Å². The number of aryl methyl sites for hydroxylation is 2. The normalized spacial score (nSPS) is 28.7. The summed E-state index contributed by atoms with van der Waals surface area (Å²) < 4.78 is 5.33. The van der Waals surface area contributed by atoms with Gasteiger partial charge in [0.1, 0.15) is 11.4 Å². The minimum absolute atomic E-state index is 0.414. The SMILES string of the molecule is COc1cc(C)c(C2(O)CC(C)N(C)C2)cc1C. The first-order valence-electron chi connectivity index (χ1n) is 6.46. The largest absolute Gasteiger partial charge is 0.496 e. The maximum absolute atomic E-state index is 10.9. The van der Waals surface area contributed by atoms with Gasteiger partial charge in [0.25, 0.3) is 0 Å². The van der Waals surface area contributed by atoms with Crippen LogP contribution in [0.25, 0.3) is 0 Å². The van der Waals surface area contributed by atoms with Crippen LogP contribution < -0.4 is 4.74 Å². The fraction of sp³-hybridized carbons (Fsp3) is 0.600. The maximum atomic E-state index is 10.9. The lowest BCUT2D eigenvalue weighted by molar-refractivity contribution is 0.0478. The van der Waals surface area contributed by atoms with Crippen LogP contribution in [0.4, 0.5) is 0 Å². The van der Waals surface area contributed by atoms with Crippen molar-refractivity contribution >= 4 is 0 Å². The fourth-order valence-electron chi connectivity index (χ4n) is 2.98. The van der Waals surface area contributed by atoms with E-state index in [1.807, 2.05) is 19.9 Å². The van der Waals surface area contributed by atoms with Crippen LogP contribution in [-0.2, 0) is 5.60 Å². The number of nitrogens with zero attached hydrogens (tertiary/aromatic N) is 1. The van der Waals surface area contributed by atoms with Crippen molar-refractivity contribution in [3.05, 3.63) is 28.8 Å². The zero-order valence-electron chi connectivity index (χ0n) is 11.9. The van der Waals surface area contributed by atoms with Gasteiger partial charge >= 0.3 is 0 Å². The van der Waals surface area contributed by atoms with Gasteiger partial charge in [0.2, 0.25) is 0 Å². The highest BCUT2D eigenvalue weighted by Gasteiger charge is 2.41. The Kier molecular flexibility index (Phi) is 3.39. The van der Waals surface area contributed by atoms with Crippen LogP contribution in [-0.4, -0.2) is 36.8 Å². The van der Waals surface area contributed by atoms with E-state index in [4.69, 9.17) is 4.74 Å². The summed E-state index contributed by atoms with van der Waals surface area (Å²) in [5.74, 6) is 0.888. The predicted octanol–water partition coefficient (Wildman–Crippen LogP) is 2.22. The average molecular weight is 249 g/mol. The van der Waals surface area contributed by atoms with E-state index in [-0.39, 0.29) is 0 Å². The van der Waals surface area contributed by atoms with Crippen LogP contribution in [0, 0.1) is 13.8 Å². The zero-order chi connectivity index (χ0) is 13.5. The number of hydrogen-bond donors (Lipinski definition) is 1. The molecule has 1 fully saturated rings. The molecule has 2 rings (SSSR count). The first kappa shape index (κ1) is 13.4. The van der Waals surface area contributed by atoms with Crippen LogP contribution >= 0.6 is 0 Å². The quantitative estimate of drug-likeness (QED) is 0.872. The molecule has 3 heteroatoms. The molecule has 100 valence electrons. The number of hydrogen-bond acceptors (Lipinski definition) is 3. The minimum Gasteiger partial charge on any atom is -0.496 e. The number of ether oxygens (including phenoxy) is 1. The van der Waals surface area contributed by atoms with Gasteiger partial charge < -0.3 is 14.7 Å². The summed E-state index contributed by atoms with van der Waals surface area (Å²) in [7, 11) is 3.75. The Morgan fingerprint density at radius 1 is 1.33 bits per heavy atom. The van der Waals surface area contributed by atoms with Gasteiger partial charge in [-0.15, -0.1) is 0 Å². The van der Waals surface area contributed by atoms with E-state index in [1.54, 1.807) is 7.11 Å². The van der Waals surface area contributed by atoms with E-state index in [1.165, 1.54) is 0 Å². The molecule has 18 heavy (non-hydrogen) atoms. The number of likely N-dealkylation sites (N-methyl/N-ethyl adjacent to an activating group) is 1. The first-order chi connectivity index (χ1) is 8.37. The Bertz CT molecular complexity index is 446. The summed E-state index contributed by atoms with van der Waals surface area (Å²) in [6.07, 6.45) is 0.788. The van der Waals surface area contributed by atoms with Crippen LogP contribution in [0.3, 0.4) is 0 Å². The van der Waals surface area contributed by atoms with Crippen molar-refractivity contribution in [2.75, 3.05) is 20.7 Å². The Balaban J connectivity index is 2.43. The Morgan fingerprint density at radius 2 is 2.00 bits per heavy atom. The molecule has 0 spiro atoms. The second-order valence-electron chi connectivity index (χ2n) is 5.64. The van der Waals surface area contributed by atoms with Crippen LogP contribution in [0.5, 0.6) is 5.75 Å². The smallest absolute Gasteiger partial charge is 0.122 e. The van der Waals surface area contributed by atoms with Crippen molar-refractivity contribution < 1.29 is 9.84 Å². The van der Waals surface area contributed by atoms with Gasteiger partial charge in [0.15, 0.2) is 0 Å². The van der Waals surface area contributed by atoms with E-state index in [0.29, 0.717) is 12.6 Å². The molecular weight excluding hydrogens is 226 g/mol. The Hall–Kier alpha value is -1.06. The lowest BCUT2D eigenvalue weighted by Gasteiger charge is -2.26. The highest BCUT2D eigenvalue weighted by atomic mass is 16.5. The maximum Gasteiger partial charge on any atom is 0.122 e. The third kappa shape index (κ3) is 2.13. The fourth-order valence-corrected chi connectivity index (χ4v) is 2.98. The lowest BCUT2D eigenvalue weighted by Crippen LogP contribution is -2.30. The molecule has 0 amide bonds. The number of rotatable bonds is 2. The van der Waals surface area contributed by atoms with Crippen molar-refractivity contribution in [3.63, 3.8) is 0 Å². The summed E-state index contributed by atoms with van der Waals surface area (Å²) in [6.45, 7) is 6.91. The van der Waals surface area contributed by atoms with Crippen LogP contribution in [0.1, 0.15) is 30.0 Å². The third-order valence-electron chi connectivity index (χ3n) is 4.14. The van der Waals surface area contributed by atoms with Gasteiger partial charge in [-0.1, -0.05) is 0 Å². The molecule has 1 aliphatic heterocycles. The van der Waals surface area contributed by atoms with Crippen LogP contribution in [0.2, 0.25) is 0 Å². The molecule has 0 aromatic heterocycles. The van der Waals surface area contributed by atoms with E-state index < -0.39 is 5.60 Å². The van der Waals surface area contributed by atoms with Crippen molar-refractivity contribution in [2.45, 2.75) is 38.8 Å². The predicted molar refractivity (Wildman–Crippen MR) is 73.1 cm³/mol. The molecule has 1 aliphatic rings. The highest BCUT2D eigenvalue weighted by Crippen LogP contribution is 2.38. The monoisotopic (exact) mass is 249 g/mol. The van der Waals surface area contributed by atoms with Gasteiger partial charge in [-0.05, 0) is 63.1 Å². The second-order valence-corrected chi connectivity index (χ2v) is 5.64.